The normalized spacial score (nSPS) is 18.2. The Morgan fingerprint density at radius 1 is 1.13 bits per heavy atom. The van der Waals surface area contributed by atoms with E-state index in [1.165, 1.54) is 11.3 Å². The van der Waals surface area contributed by atoms with Gasteiger partial charge in [-0.3, -0.25) is 4.79 Å². The van der Waals surface area contributed by atoms with E-state index in [0.717, 1.165) is 44.7 Å². The second-order valence-electron chi connectivity index (χ2n) is 9.78. The summed E-state index contributed by atoms with van der Waals surface area (Å²) in [6.45, 7) is 9.30. The summed E-state index contributed by atoms with van der Waals surface area (Å²) >= 11 is 6.37. The van der Waals surface area contributed by atoms with Crippen LogP contribution in [-0.4, -0.2) is 67.7 Å². The molecule has 2 fully saturated rings. The highest BCUT2D eigenvalue weighted by atomic mass is 35.5. The van der Waals surface area contributed by atoms with Gasteiger partial charge in [-0.25, -0.2) is 4.79 Å². The molecule has 6 nitrogen and oxygen atoms in total. The van der Waals surface area contributed by atoms with Gasteiger partial charge in [0, 0.05) is 46.0 Å². The Bertz CT molecular complexity index is 776. The van der Waals surface area contributed by atoms with Crippen molar-refractivity contribution in [1.29, 1.82) is 0 Å². The quantitative estimate of drug-likeness (QED) is 0.697. The van der Waals surface area contributed by atoms with E-state index in [1.807, 2.05) is 43.9 Å². The number of ether oxygens (including phenoxy) is 1. The fraction of sp³-hybridized carbons (Fsp3) is 0.652. The van der Waals surface area contributed by atoms with E-state index in [4.69, 9.17) is 16.3 Å². The predicted octanol–water partition coefficient (Wildman–Crippen LogP) is 4.52. The number of rotatable bonds is 4. The van der Waals surface area contributed by atoms with Gasteiger partial charge in [0.05, 0.1) is 10.6 Å². The van der Waals surface area contributed by atoms with Crippen molar-refractivity contribution >= 4 is 29.3 Å². The van der Waals surface area contributed by atoms with Crippen LogP contribution in [-0.2, 0) is 4.74 Å². The Kier molecular flexibility index (Phi) is 6.85. The molecular formula is C23H34ClN3O3. The molecule has 0 aliphatic carbocycles. The summed E-state index contributed by atoms with van der Waals surface area (Å²) in [5.41, 5.74) is 1.18. The molecule has 1 aromatic rings. The zero-order valence-corrected chi connectivity index (χ0v) is 19.5. The van der Waals surface area contributed by atoms with Gasteiger partial charge in [-0.15, -0.1) is 0 Å². The van der Waals surface area contributed by atoms with Crippen LogP contribution >= 0.6 is 11.6 Å². The first-order chi connectivity index (χ1) is 14.0. The van der Waals surface area contributed by atoms with Crippen molar-refractivity contribution in [3.63, 3.8) is 0 Å². The average Bonchev–Trinajstić information content (AvgIpc) is 2.62. The van der Waals surface area contributed by atoms with Gasteiger partial charge in [0.25, 0.3) is 5.91 Å². The predicted molar refractivity (Wildman–Crippen MR) is 120 cm³/mol. The molecule has 7 heteroatoms. The standard InChI is InChI=1S/C23H34ClN3O3/c1-23(2,3)30-22(29)27-14-17(15-27)12-16-8-10-26(11-9-16)18-6-7-19(20(24)13-18)21(28)25(4)5/h6-7,13,16-17H,8-12,14-15H2,1-5H3. The van der Waals surface area contributed by atoms with Gasteiger partial charge in [-0.1, -0.05) is 11.6 Å². The van der Waals surface area contributed by atoms with E-state index in [1.54, 1.807) is 14.1 Å². The summed E-state index contributed by atoms with van der Waals surface area (Å²) < 4.78 is 5.43. The molecule has 30 heavy (non-hydrogen) atoms. The van der Waals surface area contributed by atoms with Crippen LogP contribution in [0.1, 0.15) is 50.4 Å². The molecule has 0 unspecified atom stereocenters. The number of amides is 2. The molecule has 166 valence electrons. The van der Waals surface area contributed by atoms with E-state index in [2.05, 4.69) is 4.90 Å². The molecule has 0 N–H and O–H groups in total. The molecule has 1 aromatic carbocycles. The number of piperidine rings is 1. The Balaban J connectivity index is 1.44. The number of halogens is 1. The smallest absolute Gasteiger partial charge is 0.410 e. The lowest BCUT2D eigenvalue weighted by Gasteiger charge is -2.42. The maximum Gasteiger partial charge on any atom is 0.410 e. The molecule has 0 radical (unpaired) electrons. The number of carbonyl (C=O) groups excluding carboxylic acids is 2. The number of anilines is 1. The topological polar surface area (TPSA) is 53.1 Å². The summed E-state index contributed by atoms with van der Waals surface area (Å²) in [4.78, 5) is 29.9. The maximum absolute atomic E-state index is 12.2. The second kappa shape index (κ2) is 9.04. The minimum atomic E-state index is -0.435. The third-order valence-electron chi connectivity index (χ3n) is 5.84. The van der Waals surface area contributed by atoms with Crippen LogP contribution in [0.15, 0.2) is 18.2 Å². The van der Waals surface area contributed by atoms with Crippen LogP contribution in [0.5, 0.6) is 0 Å². The zero-order valence-electron chi connectivity index (χ0n) is 18.8. The monoisotopic (exact) mass is 435 g/mol. The van der Waals surface area contributed by atoms with Crippen LogP contribution in [0.4, 0.5) is 10.5 Å². The highest BCUT2D eigenvalue weighted by molar-refractivity contribution is 6.34. The molecule has 0 aromatic heterocycles. The van der Waals surface area contributed by atoms with Crippen LogP contribution in [0, 0.1) is 11.8 Å². The van der Waals surface area contributed by atoms with Gasteiger partial charge in [-0.2, -0.15) is 0 Å². The van der Waals surface area contributed by atoms with Crippen LogP contribution < -0.4 is 4.90 Å². The lowest BCUT2D eigenvalue weighted by molar-refractivity contribution is -0.00500. The molecule has 2 heterocycles. The Labute approximate surface area is 185 Å². The van der Waals surface area contributed by atoms with Crippen molar-refractivity contribution in [3.8, 4) is 0 Å². The van der Waals surface area contributed by atoms with E-state index in [-0.39, 0.29) is 12.0 Å². The first-order valence-corrected chi connectivity index (χ1v) is 11.2. The van der Waals surface area contributed by atoms with Gasteiger partial charge in [-0.05, 0) is 70.1 Å². The first kappa shape index (κ1) is 22.7. The molecule has 0 bridgehead atoms. The number of hydrogen-bond acceptors (Lipinski definition) is 4. The summed E-state index contributed by atoms with van der Waals surface area (Å²) in [7, 11) is 3.46. The fourth-order valence-electron chi connectivity index (χ4n) is 4.21. The van der Waals surface area contributed by atoms with Crippen molar-refractivity contribution in [1.82, 2.24) is 9.80 Å². The Hall–Kier alpha value is -1.95. The van der Waals surface area contributed by atoms with Gasteiger partial charge < -0.3 is 19.4 Å². The van der Waals surface area contributed by atoms with Crippen molar-refractivity contribution < 1.29 is 14.3 Å². The number of likely N-dealkylation sites (tertiary alicyclic amines) is 1. The molecule has 0 spiro atoms. The highest BCUT2D eigenvalue weighted by Crippen LogP contribution is 2.33. The van der Waals surface area contributed by atoms with E-state index < -0.39 is 5.60 Å². The average molecular weight is 436 g/mol. The van der Waals surface area contributed by atoms with Crippen molar-refractivity contribution in [3.05, 3.63) is 28.8 Å². The molecular weight excluding hydrogens is 402 g/mol. The van der Waals surface area contributed by atoms with Gasteiger partial charge in [0.2, 0.25) is 0 Å². The van der Waals surface area contributed by atoms with Gasteiger partial charge >= 0.3 is 6.09 Å². The summed E-state index contributed by atoms with van der Waals surface area (Å²) in [6.07, 6.45) is 3.25. The first-order valence-electron chi connectivity index (χ1n) is 10.8. The van der Waals surface area contributed by atoms with Crippen molar-refractivity contribution in [2.45, 2.75) is 45.6 Å². The lowest BCUT2D eigenvalue weighted by Crippen LogP contribution is -2.52. The van der Waals surface area contributed by atoms with E-state index in [0.29, 0.717) is 22.4 Å². The fourth-order valence-corrected chi connectivity index (χ4v) is 4.46. The van der Waals surface area contributed by atoms with Crippen molar-refractivity contribution in [2.75, 3.05) is 45.2 Å². The summed E-state index contributed by atoms with van der Waals surface area (Å²) in [5, 5.41) is 0.505. The third-order valence-corrected chi connectivity index (χ3v) is 6.16. The minimum absolute atomic E-state index is 0.0776. The summed E-state index contributed by atoms with van der Waals surface area (Å²) in [6, 6.07) is 5.72. The maximum atomic E-state index is 12.2. The molecule has 2 amide bonds. The van der Waals surface area contributed by atoms with E-state index in [9.17, 15) is 9.59 Å². The lowest BCUT2D eigenvalue weighted by atomic mass is 9.83. The van der Waals surface area contributed by atoms with Crippen LogP contribution in [0.3, 0.4) is 0 Å². The number of carbonyl (C=O) groups is 2. The summed E-state index contributed by atoms with van der Waals surface area (Å²) in [5.74, 6) is 1.20. The number of benzene rings is 1. The SMILES string of the molecule is CN(C)C(=O)c1ccc(N2CCC(CC3CN(C(=O)OC(C)(C)C)C3)CC2)cc1Cl. The molecule has 2 aliphatic rings. The van der Waals surface area contributed by atoms with E-state index >= 15 is 0 Å². The zero-order chi connectivity index (χ0) is 22.1. The largest absolute Gasteiger partial charge is 0.444 e. The molecule has 3 rings (SSSR count). The second-order valence-corrected chi connectivity index (χ2v) is 10.2. The third kappa shape index (κ3) is 5.60. The molecule has 0 atom stereocenters. The Morgan fingerprint density at radius 3 is 2.30 bits per heavy atom. The number of hydrogen-bond donors (Lipinski definition) is 0. The van der Waals surface area contributed by atoms with Gasteiger partial charge in [0.1, 0.15) is 5.60 Å². The van der Waals surface area contributed by atoms with Gasteiger partial charge in [0.15, 0.2) is 0 Å². The molecule has 2 saturated heterocycles. The van der Waals surface area contributed by atoms with Crippen LogP contribution in [0.25, 0.3) is 0 Å². The van der Waals surface area contributed by atoms with Crippen molar-refractivity contribution in [2.24, 2.45) is 11.8 Å². The molecule has 0 saturated carbocycles. The number of nitrogens with zero attached hydrogens (tertiary/aromatic N) is 3. The highest BCUT2D eigenvalue weighted by Gasteiger charge is 2.35. The minimum Gasteiger partial charge on any atom is -0.444 e. The Morgan fingerprint density at radius 2 is 1.77 bits per heavy atom. The molecule has 2 aliphatic heterocycles. The van der Waals surface area contributed by atoms with Crippen LogP contribution in [0.2, 0.25) is 5.02 Å².